The predicted octanol–water partition coefficient (Wildman–Crippen LogP) is 1.84. The van der Waals surface area contributed by atoms with Crippen molar-refractivity contribution in [3.8, 4) is 5.88 Å². The molecule has 0 aromatic carbocycles. The molecular weight excluding hydrogens is 256 g/mol. The first kappa shape index (κ1) is 16.2. The number of ether oxygens (including phenoxy) is 1. The molecule has 0 aliphatic heterocycles. The summed E-state index contributed by atoms with van der Waals surface area (Å²) in [5, 5.41) is 5.83. The molecule has 0 saturated carbocycles. The van der Waals surface area contributed by atoms with Crippen molar-refractivity contribution in [2.75, 3.05) is 11.9 Å². The fourth-order valence-electron chi connectivity index (χ4n) is 1.44. The van der Waals surface area contributed by atoms with E-state index in [4.69, 9.17) is 4.74 Å². The van der Waals surface area contributed by atoms with E-state index in [-0.39, 0.29) is 12.0 Å². The number of carbonyl (C=O) groups is 1. The summed E-state index contributed by atoms with van der Waals surface area (Å²) in [5.74, 6) is 1.23. The monoisotopic (exact) mass is 280 g/mol. The molecule has 0 radical (unpaired) electrons. The van der Waals surface area contributed by atoms with Crippen molar-refractivity contribution in [1.29, 1.82) is 0 Å². The van der Waals surface area contributed by atoms with Crippen molar-refractivity contribution in [3.63, 3.8) is 0 Å². The van der Waals surface area contributed by atoms with Crippen molar-refractivity contribution >= 4 is 11.9 Å². The smallest absolute Gasteiger partial charge is 0.242 e. The van der Waals surface area contributed by atoms with Crippen LogP contribution in [-0.2, 0) is 4.79 Å². The Kier molecular flexibility index (Phi) is 6.21. The lowest BCUT2D eigenvalue weighted by atomic mass is 10.2. The second-order valence-corrected chi connectivity index (χ2v) is 5.39. The third-order valence-electron chi connectivity index (χ3n) is 2.41. The van der Waals surface area contributed by atoms with Gasteiger partial charge in [-0.05, 0) is 26.7 Å². The molecule has 6 heteroatoms. The maximum Gasteiger partial charge on any atom is 0.242 e. The van der Waals surface area contributed by atoms with Crippen LogP contribution >= 0.6 is 0 Å². The Hall–Kier alpha value is -1.85. The highest BCUT2D eigenvalue weighted by Gasteiger charge is 2.14. The second-order valence-electron chi connectivity index (χ2n) is 5.39. The van der Waals surface area contributed by atoms with Crippen LogP contribution in [-0.4, -0.2) is 34.6 Å². The zero-order valence-electron chi connectivity index (χ0n) is 12.8. The van der Waals surface area contributed by atoms with Gasteiger partial charge in [-0.1, -0.05) is 13.8 Å². The first-order valence-electron chi connectivity index (χ1n) is 6.92. The maximum atomic E-state index is 11.9. The highest BCUT2D eigenvalue weighted by Crippen LogP contribution is 2.10. The van der Waals surface area contributed by atoms with Crippen LogP contribution in [0.1, 0.15) is 34.6 Å². The molecule has 1 rings (SSSR count). The molecule has 0 saturated heterocycles. The number of nitrogens with zero attached hydrogens (tertiary/aromatic N) is 2. The average molecular weight is 280 g/mol. The molecular formula is C14H24N4O2. The summed E-state index contributed by atoms with van der Waals surface area (Å²) >= 11 is 0. The molecule has 1 aromatic heterocycles. The number of aromatic nitrogens is 2. The lowest BCUT2D eigenvalue weighted by Crippen LogP contribution is -2.39. The highest BCUT2D eigenvalue weighted by atomic mass is 16.5. The Morgan fingerprint density at radius 3 is 2.60 bits per heavy atom. The number of nitrogens with one attached hydrogen (secondary N) is 2. The van der Waals surface area contributed by atoms with Crippen LogP contribution in [0.3, 0.4) is 0 Å². The van der Waals surface area contributed by atoms with Crippen LogP contribution in [0.25, 0.3) is 0 Å². The zero-order chi connectivity index (χ0) is 15.1. The number of amides is 1. The number of hydrogen-bond donors (Lipinski definition) is 2. The summed E-state index contributed by atoms with van der Waals surface area (Å²) in [6.45, 7) is 10.4. The molecule has 0 aliphatic rings. The van der Waals surface area contributed by atoms with Crippen molar-refractivity contribution < 1.29 is 9.53 Å². The summed E-state index contributed by atoms with van der Waals surface area (Å²) in [7, 11) is 0. The molecule has 20 heavy (non-hydrogen) atoms. The van der Waals surface area contributed by atoms with E-state index in [1.165, 1.54) is 0 Å². The largest absolute Gasteiger partial charge is 0.475 e. The Labute approximate surface area is 120 Å². The minimum atomic E-state index is -0.400. The van der Waals surface area contributed by atoms with Crippen LogP contribution in [0, 0.1) is 5.92 Å². The van der Waals surface area contributed by atoms with E-state index in [9.17, 15) is 4.79 Å². The Balaban J connectivity index is 2.56. The Bertz CT molecular complexity index is 435. The molecule has 0 aliphatic carbocycles. The van der Waals surface area contributed by atoms with E-state index in [0.29, 0.717) is 24.3 Å². The third-order valence-corrected chi connectivity index (χ3v) is 2.41. The average Bonchev–Trinajstić information content (AvgIpc) is 2.35. The summed E-state index contributed by atoms with van der Waals surface area (Å²) in [6.07, 6.45) is 1.65. The zero-order valence-corrected chi connectivity index (χ0v) is 12.8. The second kappa shape index (κ2) is 7.67. The quantitative estimate of drug-likeness (QED) is 0.797. The SMILES string of the molecule is CC(C)CNC(=O)C(C)Nc1nccc(OC(C)C)n1. The van der Waals surface area contributed by atoms with Gasteiger partial charge in [-0.2, -0.15) is 4.98 Å². The molecule has 2 N–H and O–H groups in total. The maximum absolute atomic E-state index is 11.9. The van der Waals surface area contributed by atoms with Gasteiger partial charge in [-0.25, -0.2) is 4.98 Å². The molecule has 0 fully saturated rings. The van der Waals surface area contributed by atoms with Crippen LogP contribution in [0.15, 0.2) is 12.3 Å². The molecule has 1 heterocycles. The molecule has 112 valence electrons. The van der Waals surface area contributed by atoms with Gasteiger partial charge in [0.15, 0.2) is 0 Å². The van der Waals surface area contributed by atoms with E-state index in [2.05, 4.69) is 20.6 Å². The van der Waals surface area contributed by atoms with Crippen LogP contribution < -0.4 is 15.4 Å². The predicted molar refractivity (Wildman–Crippen MR) is 78.7 cm³/mol. The summed E-state index contributed by atoms with van der Waals surface area (Å²) in [5.41, 5.74) is 0. The van der Waals surface area contributed by atoms with Gasteiger partial charge in [0, 0.05) is 18.8 Å². The van der Waals surface area contributed by atoms with Gasteiger partial charge in [-0.3, -0.25) is 4.79 Å². The minimum absolute atomic E-state index is 0.0458. The highest BCUT2D eigenvalue weighted by molar-refractivity contribution is 5.83. The Morgan fingerprint density at radius 1 is 1.30 bits per heavy atom. The van der Waals surface area contributed by atoms with E-state index in [1.807, 2.05) is 27.7 Å². The number of carbonyl (C=O) groups excluding carboxylic acids is 1. The lowest BCUT2D eigenvalue weighted by Gasteiger charge is -2.15. The fourth-order valence-corrected chi connectivity index (χ4v) is 1.44. The van der Waals surface area contributed by atoms with E-state index in [0.717, 1.165) is 0 Å². The molecule has 0 spiro atoms. The molecule has 0 bridgehead atoms. The Morgan fingerprint density at radius 2 is 2.00 bits per heavy atom. The van der Waals surface area contributed by atoms with Gasteiger partial charge in [0.2, 0.25) is 17.7 Å². The molecule has 1 unspecified atom stereocenters. The molecule has 1 atom stereocenters. The third kappa shape index (κ3) is 5.86. The van der Waals surface area contributed by atoms with Crippen molar-refractivity contribution in [1.82, 2.24) is 15.3 Å². The van der Waals surface area contributed by atoms with E-state index in [1.54, 1.807) is 19.2 Å². The molecule has 1 aromatic rings. The summed E-state index contributed by atoms with van der Waals surface area (Å²) in [6, 6.07) is 1.29. The summed E-state index contributed by atoms with van der Waals surface area (Å²) < 4.78 is 5.48. The van der Waals surface area contributed by atoms with Crippen molar-refractivity contribution in [3.05, 3.63) is 12.3 Å². The standard InChI is InChI=1S/C14H24N4O2/c1-9(2)8-16-13(19)11(5)17-14-15-7-6-12(18-14)20-10(3)4/h6-7,9-11H,8H2,1-5H3,(H,16,19)(H,15,17,18). The van der Waals surface area contributed by atoms with Gasteiger partial charge in [0.05, 0.1) is 6.10 Å². The molecule has 1 amide bonds. The van der Waals surface area contributed by atoms with Gasteiger partial charge in [0.25, 0.3) is 0 Å². The number of rotatable bonds is 7. The van der Waals surface area contributed by atoms with E-state index < -0.39 is 6.04 Å². The minimum Gasteiger partial charge on any atom is -0.475 e. The number of anilines is 1. The van der Waals surface area contributed by atoms with Crippen molar-refractivity contribution in [2.45, 2.75) is 46.8 Å². The van der Waals surface area contributed by atoms with Gasteiger partial charge < -0.3 is 15.4 Å². The van der Waals surface area contributed by atoms with Crippen LogP contribution in [0.5, 0.6) is 5.88 Å². The number of hydrogen-bond acceptors (Lipinski definition) is 5. The topological polar surface area (TPSA) is 76.1 Å². The first-order chi connectivity index (χ1) is 9.38. The lowest BCUT2D eigenvalue weighted by molar-refractivity contribution is -0.121. The normalized spacial score (nSPS) is 12.3. The fraction of sp³-hybridized carbons (Fsp3) is 0.643. The van der Waals surface area contributed by atoms with Crippen LogP contribution in [0.2, 0.25) is 0 Å². The van der Waals surface area contributed by atoms with E-state index >= 15 is 0 Å². The van der Waals surface area contributed by atoms with Crippen molar-refractivity contribution in [2.24, 2.45) is 5.92 Å². The van der Waals surface area contributed by atoms with Gasteiger partial charge in [-0.15, -0.1) is 0 Å². The molecule has 6 nitrogen and oxygen atoms in total. The summed E-state index contributed by atoms with van der Waals surface area (Å²) in [4.78, 5) is 20.1. The van der Waals surface area contributed by atoms with Crippen LogP contribution in [0.4, 0.5) is 5.95 Å². The van der Waals surface area contributed by atoms with Gasteiger partial charge in [0.1, 0.15) is 6.04 Å². The first-order valence-corrected chi connectivity index (χ1v) is 6.92. The van der Waals surface area contributed by atoms with Gasteiger partial charge >= 0.3 is 0 Å².